The van der Waals surface area contributed by atoms with Gasteiger partial charge in [0.15, 0.2) is 0 Å². The first-order chi connectivity index (χ1) is 7.30. The van der Waals surface area contributed by atoms with Crippen LogP contribution in [-0.4, -0.2) is 14.7 Å². The maximum atomic E-state index is 11.8. The highest BCUT2D eigenvalue weighted by atomic mass is 35.5. The average molecular weight is 258 g/mol. The molecule has 1 rings (SSSR count). The first-order valence-corrected chi connectivity index (χ1v) is 6.52. The number of hydrogen-bond donors (Lipinski definition) is 0. The maximum absolute atomic E-state index is 11.8. The third-order valence-corrected chi connectivity index (χ3v) is 3.71. The molecule has 0 saturated carbocycles. The molecule has 0 bridgehead atoms. The Balaban J connectivity index is 2.99. The number of rotatable bonds is 2. The Bertz CT molecular complexity index is 435. The lowest BCUT2D eigenvalue weighted by Gasteiger charge is -2.14. The van der Waals surface area contributed by atoms with Crippen LogP contribution >= 0.6 is 11.6 Å². The van der Waals surface area contributed by atoms with E-state index in [1.54, 1.807) is 6.07 Å². The van der Waals surface area contributed by atoms with Gasteiger partial charge in [0.05, 0.1) is 10.5 Å². The molecule has 0 spiro atoms. The fourth-order valence-corrected chi connectivity index (χ4v) is 1.85. The fourth-order valence-electron chi connectivity index (χ4n) is 1.03. The van der Waals surface area contributed by atoms with E-state index in [0.29, 0.717) is 5.02 Å². The molecule has 0 N–H and O–H groups in total. The third-order valence-electron chi connectivity index (χ3n) is 1.99. The van der Waals surface area contributed by atoms with Crippen LogP contribution in [0.25, 0.3) is 0 Å². The highest BCUT2D eigenvalue weighted by molar-refractivity contribution is 7.85. The Morgan fingerprint density at radius 3 is 2.50 bits per heavy atom. The molecule has 0 fully saturated rings. The number of halogens is 1. The van der Waals surface area contributed by atoms with Crippen molar-refractivity contribution in [3.63, 3.8) is 0 Å². The van der Waals surface area contributed by atoms with E-state index in [0.717, 1.165) is 11.3 Å². The summed E-state index contributed by atoms with van der Waals surface area (Å²) >= 11 is 5.88. The predicted molar refractivity (Wildman–Crippen MR) is 71.6 cm³/mol. The van der Waals surface area contributed by atoms with E-state index in [-0.39, 0.29) is 4.75 Å². The minimum absolute atomic E-state index is 0.333. The zero-order valence-corrected chi connectivity index (χ0v) is 11.5. The standard InChI is InChI=1S/C12H16ClNOS/c1-9(14-16(15)12(2,3)4)10-6-5-7-11(13)8-10/h5-8H,1-4H3. The molecule has 1 aromatic carbocycles. The van der Waals surface area contributed by atoms with E-state index >= 15 is 0 Å². The van der Waals surface area contributed by atoms with Crippen molar-refractivity contribution in [2.75, 3.05) is 0 Å². The van der Waals surface area contributed by atoms with Gasteiger partial charge in [0.2, 0.25) is 0 Å². The van der Waals surface area contributed by atoms with Crippen LogP contribution in [0.2, 0.25) is 5.02 Å². The van der Waals surface area contributed by atoms with Crippen LogP contribution in [0.3, 0.4) is 0 Å². The summed E-state index contributed by atoms with van der Waals surface area (Å²) in [7, 11) is -1.23. The largest absolute Gasteiger partial charge is 0.234 e. The first kappa shape index (κ1) is 13.4. The van der Waals surface area contributed by atoms with Crippen LogP contribution in [0.1, 0.15) is 33.3 Å². The second kappa shape index (κ2) is 5.11. The smallest absolute Gasteiger partial charge is 0.145 e. The zero-order chi connectivity index (χ0) is 12.3. The van der Waals surface area contributed by atoms with Gasteiger partial charge in [0.25, 0.3) is 0 Å². The minimum Gasteiger partial charge on any atom is -0.234 e. The lowest BCUT2D eigenvalue weighted by molar-refractivity contribution is 0.650. The summed E-state index contributed by atoms with van der Waals surface area (Å²) in [5, 5.41) is 0.661. The van der Waals surface area contributed by atoms with Gasteiger partial charge in [-0.2, -0.15) is 4.40 Å². The summed E-state index contributed by atoms with van der Waals surface area (Å²) in [4.78, 5) is 0. The molecule has 1 atom stereocenters. The SMILES string of the molecule is CC(=NS(=O)C(C)(C)C)c1cccc(Cl)c1. The lowest BCUT2D eigenvalue weighted by atomic mass is 10.1. The van der Waals surface area contributed by atoms with Gasteiger partial charge in [-0.05, 0) is 45.4 Å². The summed E-state index contributed by atoms with van der Waals surface area (Å²) in [5.74, 6) is 0. The number of nitrogens with zero attached hydrogens (tertiary/aromatic N) is 1. The molecule has 0 aliphatic heterocycles. The van der Waals surface area contributed by atoms with Gasteiger partial charge in [0, 0.05) is 5.02 Å². The van der Waals surface area contributed by atoms with E-state index in [9.17, 15) is 4.21 Å². The second-order valence-corrected chi connectivity index (χ2v) is 6.89. The predicted octanol–water partition coefficient (Wildman–Crippen LogP) is 3.61. The van der Waals surface area contributed by atoms with Crippen molar-refractivity contribution < 1.29 is 4.21 Å². The van der Waals surface area contributed by atoms with E-state index in [2.05, 4.69) is 4.40 Å². The molecule has 0 amide bonds. The van der Waals surface area contributed by atoms with Gasteiger partial charge in [-0.25, -0.2) is 4.21 Å². The Morgan fingerprint density at radius 2 is 2.00 bits per heavy atom. The molecule has 1 unspecified atom stereocenters. The third kappa shape index (κ3) is 3.72. The van der Waals surface area contributed by atoms with Crippen LogP contribution in [-0.2, 0) is 11.0 Å². The monoisotopic (exact) mass is 257 g/mol. The normalized spacial score (nSPS) is 14.9. The van der Waals surface area contributed by atoms with Gasteiger partial charge in [-0.15, -0.1) is 0 Å². The molecule has 2 nitrogen and oxygen atoms in total. The van der Waals surface area contributed by atoms with Crippen molar-refractivity contribution >= 4 is 28.3 Å². The van der Waals surface area contributed by atoms with Crippen molar-refractivity contribution in [1.82, 2.24) is 0 Å². The Hall–Kier alpha value is -0.670. The van der Waals surface area contributed by atoms with E-state index in [1.165, 1.54) is 0 Å². The number of hydrogen-bond acceptors (Lipinski definition) is 1. The first-order valence-electron chi connectivity index (χ1n) is 5.04. The van der Waals surface area contributed by atoms with Crippen molar-refractivity contribution in [3.05, 3.63) is 34.9 Å². The molecule has 88 valence electrons. The summed E-state index contributed by atoms with van der Waals surface area (Å²) in [6.45, 7) is 7.54. The highest BCUT2D eigenvalue weighted by Crippen LogP contribution is 2.16. The molecule has 0 aliphatic rings. The van der Waals surface area contributed by atoms with Crippen molar-refractivity contribution in [3.8, 4) is 0 Å². The van der Waals surface area contributed by atoms with E-state index in [1.807, 2.05) is 45.9 Å². The van der Waals surface area contributed by atoms with Crippen LogP contribution in [0.4, 0.5) is 0 Å². The van der Waals surface area contributed by atoms with E-state index < -0.39 is 11.0 Å². The Morgan fingerprint density at radius 1 is 1.38 bits per heavy atom. The van der Waals surface area contributed by atoms with Gasteiger partial charge < -0.3 is 0 Å². The van der Waals surface area contributed by atoms with Crippen molar-refractivity contribution in [1.29, 1.82) is 0 Å². The van der Waals surface area contributed by atoms with Crippen LogP contribution in [0.5, 0.6) is 0 Å². The van der Waals surface area contributed by atoms with E-state index in [4.69, 9.17) is 11.6 Å². The highest BCUT2D eigenvalue weighted by Gasteiger charge is 2.19. The Labute approximate surface area is 104 Å². The zero-order valence-electron chi connectivity index (χ0n) is 9.95. The van der Waals surface area contributed by atoms with Gasteiger partial charge >= 0.3 is 0 Å². The van der Waals surface area contributed by atoms with Crippen LogP contribution in [0.15, 0.2) is 28.7 Å². The summed E-state index contributed by atoms with van der Waals surface area (Å²) < 4.78 is 15.7. The molecule has 4 heteroatoms. The topological polar surface area (TPSA) is 29.4 Å². The summed E-state index contributed by atoms with van der Waals surface area (Å²) in [6, 6.07) is 7.39. The van der Waals surface area contributed by atoms with Crippen LogP contribution < -0.4 is 0 Å². The second-order valence-electron chi connectivity index (χ2n) is 4.55. The van der Waals surface area contributed by atoms with Crippen molar-refractivity contribution in [2.45, 2.75) is 32.4 Å². The van der Waals surface area contributed by atoms with Gasteiger partial charge in [-0.3, -0.25) is 0 Å². The molecule has 0 heterocycles. The molecule has 0 aliphatic carbocycles. The molecular weight excluding hydrogens is 242 g/mol. The summed E-state index contributed by atoms with van der Waals surface area (Å²) in [5.41, 5.74) is 1.65. The van der Waals surface area contributed by atoms with Gasteiger partial charge in [0.1, 0.15) is 11.0 Å². The molecule has 1 aromatic rings. The number of benzene rings is 1. The molecule has 0 aromatic heterocycles. The maximum Gasteiger partial charge on any atom is 0.145 e. The average Bonchev–Trinajstić information content (AvgIpc) is 2.16. The Kier molecular flexibility index (Phi) is 4.28. The molecule has 0 saturated heterocycles. The molecule has 0 radical (unpaired) electrons. The fraction of sp³-hybridized carbons (Fsp3) is 0.417. The van der Waals surface area contributed by atoms with Gasteiger partial charge in [-0.1, -0.05) is 23.7 Å². The van der Waals surface area contributed by atoms with Crippen LogP contribution in [0, 0.1) is 0 Å². The lowest BCUT2D eigenvalue weighted by Crippen LogP contribution is -2.20. The summed E-state index contributed by atoms with van der Waals surface area (Å²) in [6.07, 6.45) is 0. The minimum atomic E-state index is -1.23. The van der Waals surface area contributed by atoms with Crippen molar-refractivity contribution in [2.24, 2.45) is 4.40 Å². The quantitative estimate of drug-likeness (QED) is 0.745. The molecular formula is C12H16ClNOS. The molecule has 16 heavy (non-hydrogen) atoms.